The lowest BCUT2D eigenvalue weighted by Crippen LogP contribution is -2.01. The zero-order valence-electron chi connectivity index (χ0n) is 20.2. The summed E-state index contributed by atoms with van der Waals surface area (Å²) in [5, 5.41) is 2.35. The monoisotopic (exact) mass is 536 g/mol. The van der Waals surface area contributed by atoms with Crippen LogP contribution in [0.25, 0.3) is 21.9 Å². The standard InChI is InChI=1S/C20H15ClO.C13H7ClO2/c21-19-12-10-18(11-13-19)20(22)17-8-6-16(7-9-17)14-15-4-2-1-3-5-15;14-8-5-6-10-12(7-8)16-11-4-2-1-3-9(11)13(10)15/h1-13H,14H2;1-7H. The highest BCUT2D eigenvalue weighted by Crippen LogP contribution is 2.21. The largest absolute Gasteiger partial charge is 0.456 e. The summed E-state index contributed by atoms with van der Waals surface area (Å²) in [6.45, 7) is 0. The molecule has 5 aromatic carbocycles. The number of fused-ring (bicyclic) bond motifs is 2. The van der Waals surface area contributed by atoms with Crippen LogP contribution in [-0.2, 0) is 6.42 Å². The van der Waals surface area contributed by atoms with E-state index in [0.717, 1.165) is 6.42 Å². The van der Waals surface area contributed by atoms with Crippen molar-refractivity contribution in [2.45, 2.75) is 6.42 Å². The Kier molecular flexibility index (Phi) is 7.69. The summed E-state index contributed by atoms with van der Waals surface area (Å²) < 4.78 is 5.62. The Morgan fingerprint density at radius 1 is 0.579 bits per heavy atom. The quantitative estimate of drug-likeness (QED) is 0.167. The van der Waals surface area contributed by atoms with E-state index in [1.807, 2.05) is 54.6 Å². The fourth-order valence-corrected chi connectivity index (χ4v) is 4.44. The molecule has 0 fully saturated rings. The molecule has 0 atom stereocenters. The number of ketones is 1. The molecule has 1 aromatic heterocycles. The van der Waals surface area contributed by atoms with Crippen molar-refractivity contribution in [3.63, 3.8) is 0 Å². The highest BCUT2D eigenvalue weighted by atomic mass is 35.5. The molecule has 0 unspecified atom stereocenters. The molecule has 0 saturated heterocycles. The molecular formula is C33H22Cl2O3. The van der Waals surface area contributed by atoms with E-state index in [1.165, 1.54) is 11.1 Å². The van der Waals surface area contributed by atoms with Gasteiger partial charge in [0.1, 0.15) is 11.2 Å². The van der Waals surface area contributed by atoms with Crippen LogP contribution < -0.4 is 5.43 Å². The lowest BCUT2D eigenvalue weighted by Gasteiger charge is -2.05. The van der Waals surface area contributed by atoms with Gasteiger partial charge >= 0.3 is 0 Å². The van der Waals surface area contributed by atoms with E-state index in [0.29, 0.717) is 43.1 Å². The smallest absolute Gasteiger partial charge is 0.200 e. The van der Waals surface area contributed by atoms with Gasteiger partial charge in [0, 0.05) is 27.2 Å². The Balaban J connectivity index is 0.000000162. The van der Waals surface area contributed by atoms with E-state index in [1.54, 1.807) is 54.6 Å². The second-order valence-electron chi connectivity index (χ2n) is 8.76. The second kappa shape index (κ2) is 11.5. The fourth-order valence-electron chi connectivity index (χ4n) is 4.15. The molecule has 0 radical (unpaired) electrons. The highest BCUT2D eigenvalue weighted by molar-refractivity contribution is 6.31. The van der Waals surface area contributed by atoms with E-state index in [-0.39, 0.29) is 11.2 Å². The number of benzene rings is 5. The number of hydrogen-bond donors (Lipinski definition) is 0. The lowest BCUT2D eigenvalue weighted by atomic mass is 9.99. The molecule has 38 heavy (non-hydrogen) atoms. The normalized spacial score (nSPS) is 10.7. The van der Waals surface area contributed by atoms with Crippen LogP contribution in [0.5, 0.6) is 0 Å². The highest BCUT2D eigenvalue weighted by Gasteiger charge is 2.09. The summed E-state index contributed by atoms with van der Waals surface area (Å²) in [5.74, 6) is 0.0166. The summed E-state index contributed by atoms with van der Waals surface area (Å²) in [6, 6.07) is 37.3. The van der Waals surface area contributed by atoms with Crippen LogP contribution in [0.15, 0.2) is 131 Å². The summed E-state index contributed by atoms with van der Waals surface area (Å²) >= 11 is 11.7. The number of carbonyl (C=O) groups excluding carboxylic acids is 1. The van der Waals surface area contributed by atoms with Gasteiger partial charge in [0.2, 0.25) is 5.43 Å². The molecule has 0 aliphatic rings. The van der Waals surface area contributed by atoms with Crippen molar-refractivity contribution in [2.75, 3.05) is 0 Å². The first-order chi connectivity index (χ1) is 18.5. The molecule has 0 amide bonds. The molecule has 0 bridgehead atoms. The van der Waals surface area contributed by atoms with Gasteiger partial charge in [-0.25, -0.2) is 0 Å². The first-order valence-electron chi connectivity index (χ1n) is 12.0. The number of carbonyl (C=O) groups is 1. The van der Waals surface area contributed by atoms with Crippen LogP contribution in [0.1, 0.15) is 27.0 Å². The number of hydrogen-bond acceptors (Lipinski definition) is 3. The molecule has 1 heterocycles. The summed E-state index contributed by atoms with van der Waals surface area (Å²) in [6.07, 6.45) is 0.871. The maximum atomic E-state index is 12.4. The molecule has 0 saturated carbocycles. The van der Waals surface area contributed by atoms with Crippen molar-refractivity contribution in [1.29, 1.82) is 0 Å². The van der Waals surface area contributed by atoms with Crippen molar-refractivity contribution in [1.82, 2.24) is 0 Å². The minimum atomic E-state index is -0.0199. The molecular weight excluding hydrogens is 515 g/mol. The molecule has 0 N–H and O–H groups in total. The van der Waals surface area contributed by atoms with E-state index in [2.05, 4.69) is 12.1 Å². The molecule has 0 aliphatic carbocycles. The van der Waals surface area contributed by atoms with Crippen molar-refractivity contribution >= 4 is 50.9 Å². The molecule has 0 aliphatic heterocycles. The van der Waals surface area contributed by atoms with Gasteiger partial charge in [-0.05, 0) is 66.1 Å². The maximum absolute atomic E-state index is 12.4. The Labute approximate surface area is 229 Å². The molecule has 0 spiro atoms. The molecule has 6 rings (SSSR count). The SMILES string of the molecule is O=C(c1ccc(Cl)cc1)c1ccc(Cc2ccccc2)cc1.O=c1c2ccccc2oc2cc(Cl)ccc12. The van der Waals surface area contributed by atoms with Crippen molar-refractivity contribution in [3.05, 3.63) is 164 Å². The number of para-hydroxylation sites is 1. The van der Waals surface area contributed by atoms with E-state index in [4.69, 9.17) is 27.6 Å². The van der Waals surface area contributed by atoms with Crippen LogP contribution in [0.4, 0.5) is 0 Å². The summed E-state index contributed by atoms with van der Waals surface area (Å²) in [5.41, 5.74) is 4.89. The third kappa shape index (κ3) is 5.86. The van der Waals surface area contributed by atoms with Crippen LogP contribution in [0, 0.1) is 0 Å². The molecule has 5 heteroatoms. The topological polar surface area (TPSA) is 47.3 Å². The van der Waals surface area contributed by atoms with E-state index >= 15 is 0 Å². The van der Waals surface area contributed by atoms with Crippen molar-refractivity contribution in [3.8, 4) is 0 Å². The minimum Gasteiger partial charge on any atom is -0.456 e. The van der Waals surface area contributed by atoms with Gasteiger partial charge in [-0.2, -0.15) is 0 Å². The van der Waals surface area contributed by atoms with E-state index in [9.17, 15) is 9.59 Å². The average Bonchev–Trinajstić information content (AvgIpc) is 2.94. The molecule has 6 aromatic rings. The van der Waals surface area contributed by atoms with Gasteiger partial charge in [0.25, 0.3) is 0 Å². The second-order valence-corrected chi connectivity index (χ2v) is 9.64. The molecule has 186 valence electrons. The van der Waals surface area contributed by atoms with Crippen LogP contribution in [0.3, 0.4) is 0 Å². The van der Waals surface area contributed by atoms with Gasteiger partial charge in [0.15, 0.2) is 5.78 Å². The predicted octanol–water partition coefficient (Wildman–Crippen LogP) is 8.76. The van der Waals surface area contributed by atoms with Gasteiger partial charge in [-0.3, -0.25) is 9.59 Å². The van der Waals surface area contributed by atoms with Gasteiger partial charge in [-0.1, -0.05) is 89.9 Å². The Hall–Kier alpha value is -4.18. The zero-order valence-corrected chi connectivity index (χ0v) is 21.7. The summed E-state index contributed by atoms with van der Waals surface area (Å²) in [7, 11) is 0. The van der Waals surface area contributed by atoms with Gasteiger partial charge in [-0.15, -0.1) is 0 Å². The van der Waals surface area contributed by atoms with Crippen LogP contribution >= 0.6 is 23.2 Å². The number of halogens is 2. The minimum absolute atomic E-state index is 0.0166. The fraction of sp³-hybridized carbons (Fsp3) is 0.0303. The van der Waals surface area contributed by atoms with Crippen molar-refractivity contribution < 1.29 is 9.21 Å². The van der Waals surface area contributed by atoms with Crippen molar-refractivity contribution in [2.24, 2.45) is 0 Å². The zero-order chi connectivity index (χ0) is 26.5. The predicted molar refractivity (Wildman–Crippen MR) is 156 cm³/mol. The van der Waals surface area contributed by atoms with E-state index < -0.39 is 0 Å². The van der Waals surface area contributed by atoms with Gasteiger partial charge in [0.05, 0.1) is 10.8 Å². The lowest BCUT2D eigenvalue weighted by molar-refractivity contribution is 0.103. The van der Waals surface area contributed by atoms with Gasteiger partial charge < -0.3 is 4.42 Å². The third-order valence-corrected chi connectivity index (χ3v) is 6.60. The number of rotatable bonds is 4. The Morgan fingerprint density at radius 2 is 1.13 bits per heavy atom. The average molecular weight is 537 g/mol. The Morgan fingerprint density at radius 3 is 1.84 bits per heavy atom. The Bertz CT molecular complexity index is 1770. The molecule has 3 nitrogen and oxygen atoms in total. The maximum Gasteiger partial charge on any atom is 0.200 e. The summed E-state index contributed by atoms with van der Waals surface area (Å²) in [4.78, 5) is 24.5. The van der Waals surface area contributed by atoms with Crippen LogP contribution in [0.2, 0.25) is 10.0 Å². The first kappa shape index (κ1) is 25.5. The first-order valence-corrected chi connectivity index (χ1v) is 12.8. The third-order valence-electron chi connectivity index (χ3n) is 6.11. The van der Waals surface area contributed by atoms with Crippen LogP contribution in [-0.4, -0.2) is 5.78 Å².